The summed E-state index contributed by atoms with van der Waals surface area (Å²) in [7, 11) is 0. The standard InChI is InChI=1S/C14H16N2O2S/c17-12(9-14(18)7-3-4-8-14)16-13-15-10-5-1-2-6-11(10)19-13/h1-2,5-6,18H,3-4,7-9H2,(H,15,16,17). The van der Waals surface area contributed by atoms with Crippen molar-refractivity contribution in [3.63, 3.8) is 0 Å². The van der Waals surface area contributed by atoms with Crippen molar-refractivity contribution in [2.75, 3.05) is 5.32 Å². The summed E-state index contributed by atoms with van der Waals surface area (Å²) in [5.74, 6) is -0.150. The number of hydrogen-bond donors (Lipinski definition) is 2. The first-order chi connectivity index (χ1) is 9.15. The van der Waals surface area contributed by atoms with Crippen LogP contribution in [0.1, 0.15) is 32.1 Å². The number of carbonyl (C=O) groups excluding carboxylic acids is 1. The molecular weight excluding hydrogens is 260 g/mol. The van der Waals surface area contributed by atoms with Crippen molar-refractivity contribution in [1.82, 2.24) is 4.98 Å². The first kappa shape index (κ1) is 12.6. The van der Waals surface area contributed by atoms with Gasteiger partial charge in [0.25, 0.3) is 0 Å². The molecule has 0 aliphatic heterocycles. The largest absolute Gasteiger partial charge is 0.389 e. The number of rotatable bonds is 3. The molecule has 1 heterocycles. The minimum absolute atomic E-state index is 0.150. The van der Waals surface area contributed by atoms with Crippen molar-refractivity contribution in [3.8, 4) is 0 Å². The first-order valence-electron chi connectivity index (χ1n) is 6.52. The molecule has 0 radical (unpaired) electrons. The summed E-state index contributed by atoms with van der Waals surface area (Å²) in [6, 6.07) is 7.78. The van der Waals surface area contributed by atoms with Crippen LogP contribution in [-0.2, 0) is 4.79 Å². The fraction of sp³-hybridized carbons (Fsp3) is 0.429. The molecule has 3 rings (SSSR count). The van der Waals surface area contributed by atoms with Crippen molar-refractivity contribution < 1.29 is 9.90 Å². The van der Waals surface area contributed by atoms with Gasteiger partial charge < -0.3 is 10.4 Å². The van der Waals surface area contributed by atoms with Gasteiger partial charge in [-0.15, -0.1) is 0 Å². The molecule has 1 aliphatic carbocycles. The zero-order valence-corrected chi connectivity index (χ0v) is 11.4. The molecule has 2 N–H and O–H groups in total. The fourth-order valence-electron chi connectivity index (χ4n) is 2.60. The van der Waals surface area contributed by atoms with Crippen LogP contribution in [0.15, 0.2) is 24.3 Å². The normalized spacial score (nSPS) is 17.7. The number of benzene rings is 1. The highest BCUT2D eigenvalue weighted by Crippen LogP contribution is 2.33. The van der Waals surface area contributed by atoms with Gasteiger partial charge in [0.1, 0.15) is 0 Å². The molecule has 19 heavy (non-hydrogen) atoms. The number of aromatic nitrogens is 1. The molecular formula is C14H16N2O2S. The lowest BCUT2D eigenvalue weighted by atomic mass is 9.98. The lowest BCUT2D eigenvalue weighted by Gasteiger charge is -2.20. The van der Waals surface area contributed by atoms with E-state index in [0.717, 1.165) is 35.9 Å². The molecule has 1 aromatic heterocycles. The van der Waals surface area contributed by atoms with Crippen molar-refractivity contribution in [2.45, 2.75) is 37.7 Å². The number of anilines is 1. The van der Waals surface area contributed by atoms with E-state index in [4.69, 9.17) is 0 Å². The number of amides is 1. The average Bonchev–Trinajstić information content (AvgIpc) is 2.94. The summed E-state index contributed by atoms with van der Waals surface area (Å²) in [5.41, 5.74) is 0.0863. The highest BCUT2D eigenvalue weighted by molar-refractivity contribution is 7.22. The molecule has 1 aromatic carbocycles. The van der Waals surface area contributed by atoms with E-state index in [9.17, 15) is 9.90 Å². The van der Waals surface area contributed by atoms with Crippen molar-refractivity contribution in [2.24, 2.45) is 0 Å². The van der Waals surface area contributed by atoms with Crippen LogP contribution in [0.25, 0.3) is 10.2 Å². The number of carbonyl (C=O) groups is 1. The minimum Gasteiger partial charge on any atom is -0.389 e. The monoisotopic (exact) mass is 276 g/mol. The van der Waals surface area contributed by atoms with Gasteiger partial charge in [0.15, 0.2) is 5.13 Å². The van der Waals surface area contributed by atoms with Gasteiger partial charge in [0.05, 0.1) is 22.2 Å². The topological polar surface area (TPSA) is 62.2 Å². The van der Waals surface area contributed by atoms with Crippen LogP contribution in [0, 0.1) is 0 Å². The Morgan fingerprint density at radius 1 is 1.37 bits per heavy atom. The number of thiazole rings is 1. The summed E-state index contributed by atoms with van der Waals surface area (Å²) < 4.78 is 1.05. The summed E-state index contributed by atoms with van der Waals surface area (Å²) in [5, 5.41) is 13.6. The molecule has 5 heteroatoms. The minimum atomic E-state index is -0.805. The molecule has 0 saturated heterocycles. The van der Waals surface area contributed by atoms with Crippen LogP contribution in [0.4, 0.5) is 5.13 Å². The van der Waals surface area contributed by atoms with Gasteiger partial charge in [-0.1, -0.05) is 36.3 Å². The first-order valence-corrected chi connectivity index (χ1v) is 7.34. The molecule has 4 nitrogen and oxygen atoms in total. The third-order valence-electron chi connectivity index (χ3n) is 3.56. The van der Waals surface area contributed by atoms with Gasteiger partial charge in [-0.3, -0.25) is 4.79 Å². The van der Waals surface area contributed by atoms with Crippen molar-refractivity contribution in [3.05, 3.63) is 24.3 Å². The van der Waals surface area contributed by atoms with E-state index in [1.807, 2.05) is 24.3 Å². The highest BCUT2D eigenvalue weighted by Gasteiger charge is 2.33. The Labute approximate surface area is 115 Å². The SMILES string of the molecule is O=C(CC1(O)CCCC1)Nc1nc2ccccc2s1. The maximum atomic E-state index is 11.9. The highest BCUT2D eigenvalue weighted by atomic mass is 32.1. The number of para-hydroxylation sites is 1. The molecule has 1 aliphatic rings. The van der Waals surface area contributed by atoms with Gasteiger partial charge >= 0.3 is 0 Å². The van der Waals surface area contributed by atoms with Gasteiger partial charge in [0.2, 0.25) is 5.91 Å². The van der Waals surface area contributed by atoms with Crippen molar-refractivity contribution in [1.29, 1.82) is 0 Å². The molecule has 1 saturated carbocycles. The second kappa shape index (κ2) is 4.90. The summed E-state index contributed by atoms with van der Waals surface area (Å²) in [4.78, 5) is 16.3. The third-order valence-corrected chi connectivity index (χ3v) is 4.52. The summed E-state index contributed by atoms with van der Waals surface area (Å²) in [6.07, 6.45) is 3.62. The van der Waals surface area contributed by atoms with Gasteiger partial charge in [-0.2, -0.15) is 0 Å². The second-order valence-electron chi connectivity index (χ2n) is 5.14. The van der Waals surface area contributed by atoms with E-state index in [1.54, 1.807) is 0 Å². The van der Waals surface area contributed by atoms with E-state index in [0.29, 0.717) is 5.13 Å². The van der Waals surface area contributed by atoms with Crippen LogP contribution in [0.3, 0.4) is 0 Å². The molecule has 1 amide bonds. The Morgan fingerprint density at radius 2 is 2.11 bits per heavy atom. The maximum Gasteiger partial charge on any atom is 0.229 e. The van der Waals surface area contributed by atoms with Crippen LogP contribution in [0.5, 0.6) is 0 Å². The second-order valence-corrected chi connectivity index (χ2v) is 6.17. The molecule has 0 spiro atoms. The van der Waals surface area contributed by atoms with Crippen LogP contribution in [-0.4, -0.2) is 21.6 Å². The number of nitrogens with zero attached hydrogens (tertiary/aromatic N) is 1. The molecule has 2 aromatic rings. The zero-order chi connectivity index (χ0) is 13.3. The lowest BCUT2D eigenvalue weighted by molar-refractivity contribution is -0.120. The molecule has 0 atom stereocenters. The van der Waals surface area contributed by atoms with E-state index >= 15 is 0 Å². The van der Waals surface area contributed by atoms with Crippen LogP contribution in [0.2, 0.25) is 0 Å². The van der Waals surface area contributed by atoms with Crippen LogP contribution < -0.4 is 5.32 Å². The Morgan fingerprint density at radius 3 is 2.84 bits per heavy atom. The lowest BCUT2D eigenvalue weighted by Crippen LogP contribution is -2.30. The number of aliphatic hydroxyl groups is 1. The van der Waals surface area contributed by atoms with Gasteiger partial charge in [0, 0.05) is 0 Å². The Bertz CT molecular complexity index is 569. The fourth-order valence-corrected chi connectivity index (χ4v) is 3.48. The zero-order valence-electron chi connectivity index (χ0n) is 10.6. The van der Waals surface area contributed by atoms with Gasteiger partial charge in [-0.25, -0.2) is 4.98 Å². The van der Waals surface area contributed by atoms with E-state index in [1.165, 1.54) is 11.3 Å². The smallest absolute Gasteiger partial charge is 0.229 e. The Hall–Kier alpha value is -1.46. The third kappa shape index (κ3) is 2.77. The molecule has 100 valence electrons. The Balaban J connectivity index is 1.68. The van der Waals surface area contributed by atoms with E-state index < -0.39 is 5.60 Å². The quantitative estimate of drug-likeness (QED) is 0.906. The molecule has 1 fully saturated rings. The van der Waals surface area contributed by atoms with E-state index in [2.05, 4.69) is 10.3 Å². The van der Waals surface area contributed by atoms with Gasteiger partial charge in [-0.05, 0) is 25.0 Å². The Kier molecular flexibility index (Phi) is 3.24. The predicted molar refractivity (Wildman–Crippen MR) is 76.3 cm³/mol. The summed E-state index contributed by atoms with van der Waals surface area (Å²) >= 11 is 1.46. The average molecular weight is 276 g/mol. The molecule has 0 unspecified atom stereocenters. The van der Waals surface area contributed by atoms with Crippen LogP contribution >= 0.6 is 11.3 Å². The molecule has 0 bridgehead atoms. The maximum absolute atomic E-state index is 11.9. The number of hydrogen-bond acceptors (Lipinski definition) is 4. The predicted octanol–water partition coefficient (Wildman–Crippen LogP) is 2.93. The number of nitrogens with one attached hydrogen (secondary N) is 1. The van der Waals surface area contributed by atoms with E-state index in [-0.39, 0.29) is 12.3 Å². The van der Waals surface area contributed by atoms with Crippen molar-refractivity contribution >= 4 is 32.6 Å². The number of fused-ring (bicyclic) bond motifs is 1. The summed E-state index contributed by atoms with van der Waals surface area (Å²) in [6.45, 7) is 0.